The van der Waals surface area contributed by atoms with Gasteiger partial charge >= 0.3 is 5.97 Å². The zero-order chi connectivity index (χ0) is 31.3. The molecule has 13 heteroatoms. The van der Waals surface area contributed by atoms with Crippen molar-refractivity contribution < 1.29 is 36.8 Å². The smallest absolute Gasteiger partial charge is 0.303 e. The second kappa shape index (κ2) is 11.3. The number of aryl methyl sites for hydroxylation is 1. The van der Waals surface area contributed by atoms with Crippen molar-refractivity contribution in [1.29, 1.82) is 0 Å². The predicted molar refractivity (Wildman–Crippen MR) is 159 cm³/mol. The van der Waals surface area contributed by atoms with E-state index >= 15 is 8.78 Å². The number of halogens is 4. The third-order valence-corrected chi connectivity index (χ3v) is 9.06. The van der Waals surface area contributed by atoms with E-state index in [0.29, 0.717) is 35.1 Å². The van der Waals surface area contributed by atoms with Crippen LogP contribution in [0.2, 0.25) is 5.02 Å². The SMILES string of the molecule is C[S@](=O)c1c(Oc2ccc(F)c(-c3ncc([C@]4(C)CCOc5c(CCC(=O)O)cc(Cl)cc54)[nH]3)c2)c(F)c(F)c2[nH]ccc12. The number of hydrogen-bond donors (Lipinski definition) is 3. The number of H-pyrrole nitrogens is 2. The van der Waals surface area contributed by atoms with Crippen LogP contribution in [0.3, 0.4) is 0 Å². The number of carboxylic acid groups (broad SMARTS) is 1. The summed E-state index contributed by atoms with van der Waals surface area (Å²) in [5.41, 5.74) is 1.21. The lowest BCUT2D eigenvalue weighted by molar-refractivity contribution is -0.136. The molecule has 0 unspecified atom stereocenters. The number of rotatable bonds is 8. The molecule has 0 aliphatic carbocycles. The van der Waals surface area contributed by atoms with Crippen LogP contribution in [0.5, 0.6) is 17.2 Å². The highest BCUT2D eigenvalue weighted by Crippen LogP contribution is 2.46. The number of aliphatic carboxylic acids is 1. The predicted octanol–water partition coefficient (Wildman–Crippen LogP) is 7.26. The molecule has 1 aliphatic heterocycles. The third kappa shape index (κ3) is 5.11. The highest BCUT2D eigenvalue weighted by molar-refractivity contribution is 7.84. The van der Waals surface area contributed by atoms with Gasteiger partial charge in [-0.15, -0.1) is 0 Å². The van der Waals surface area contributed by atoms with Crippen LogP contribution in [-0.4, -0.2) is 43.1 Å². The van der Waals surface area contributed by atoms with Crippen LogP contribution in [-0.2, 0) is 27.4 Å². The number of nitrogens with zero attached hydrogens (tertiary/aromatic N) is 1. The van der Waals surface area contributed by atoms with Crippen molar-refractivity contribution in [1.82, 2.24) is 15.0 Å². The van der Waals surface area contributed by atoms with Gasteiger partial charge in [0.1, 0.15) is 23.1 Å². The molecule has 0 spiro atoms. The number of aromatic amines is 2. The Hall–Kier alpha value is -4.29. The van der Waals surface area contributed by atoms with Crippen molar-refractivity contribution in [2.75, 3.05) is 12.9 Å². The van der Waals surface area contributed by atoms with E-state index in [1.54, 1.807) is 18.3 Å². The number of hydrogen-bond acceptors (Lipinski definition) is 5. The fourth-order valence-electron chi connectivity index (χ4n) is 5.58. The number of imidazole rings is 1. The summed E-state index contributed by atoms with van der Waals surface area (Å²) < 4.78 is 69.4. The molecule has 0 amide bonds. The molecule has 3 aromatic carbocycles. The van der Waals surface area contributed by atoms with Gasteiger partial charge in [-0.3, -0.25) is 9.00 Å². The number of fused-ring (bicyclic) bond motifs is 2. The monoisotopic (exact) mass is 643 g/mol. The maximum atomic E-state index is 15.2. The van der Waals surface area contributed by atoms with Crippen molar-refractivity contribution in [3.05, 3.63) is 88.1 Å². The molecular formula is C31H25ClF3N3O5S. The highest BCUT2D eigenvalue weighted by atomic mass is 35.5. The van der Waals surface area contributed by atoms with E-state index in [-0.39, 0.29) is 45.8 Å². The maximum absolute atomic E-state index is 15.2. The fourth-order valence-corrected chi connectivity index (χ4v) is 6.70. The van der Waals surface area contributed by atoms with E-state index in [2.05, 4.69) is 15.0 Å². The molecular weight excluding hydrogens is 619 g/mol. The van der Waals surface area contributed by atoms with Gasteiger partial charge in [0.2, 0.25) is 5.82 Å². The molecule has 5 aromatic rings. The van der Waals surface area contributed by atoms with Crippen molar-refractivity contribution in [2.24, 2.45) is 0 Å². The summed E-state index contributed by atoms with van der Waals surface area (Å²) in [6.07, 6.45) is 4.96. The molecule has 0 saturated carbocycles. The van der Waals surface area contributed by atoms with Gasteiger partial charge in [-0.1, -0.05) is 11.6 Å². The molecule has 1 aliphatic rings. The highest BCUT2D eigenvalue weighted by Gasteiger charge is 2.38. The van der Waals surface area contributed by atoms with Crippen LogP contribution in [0.15, 0.2) is 53.7 Å². The topological polar surface area (TPSA) is 117 Å². The largest absolute Gasteiger partial charge is 0.493 e. The van der Waals surface area contributed by atoms with E-state index in [9.17, 15) is 18.5 Å². The molecule has 2 aromatic heterocycles. The second-order valence-corrected chi connectivity index (χ2v) is 12.4. The molecule has 6 rings (SSSR count). The summed E-state index contributed by atoms with van der Waals surface area (Å²) in [7, 11) is -1.75. The molecule has 0 fully saturated rings. The summed E-state index contributed by atoms with van der Waals surface area (Å²) in [5, 5.41) is 9.81. The molecule has 44 heavy (non-hydrogen) atoms. The van der Waals surface area contributed by atoms with E-state index in [1.165, 1.54) is 30.7 Å². The van der Waals surface area contributed by atoms with Crippen molar-refractivity contribution >= 4 is 39.3 Å². The van der Waals surface area contributed by atoms with Crippen molar-refractivity contribution in [2.45, 2.75) is 36.5 Å². The maximum Gasteiger partial charge on any atom is 0.303 e. The number of aromatic nitrogens is 3. The minimum Gasteiger partial charge on any atom is -0.493 e. The standard InChI is InChI=1S/C31H25ClF3N3O5S/c1-31(8-10-42-27-15(3-6-23(39)40)11-16(32)12-20(27)31)22-14-37-30(38-22)19-13-17(4-5-21(19)33)43-28-25(35)24(34)26-18(7-9-36-26)29(28)44(2)41/h4-5,7,9,11-14,36H,3,6,8,10H2,1-2H3,(H,37,38)(H,39,40)/t31-,44+/m1/s1. The molecule has 0 bridgehead atoms. The molecule has 0 radical (unpaired) electrons. The normalized spacial score (nSPS) is 16.9. The Morgan fingerprint density at radius 1 is 1.20 bits per heavy atom. The molecule has 0 saturated heterocycles. The van der Waals surface area contributed by atoms with Crippen LogP contribution < -0.4 is 9.47 Å². The zero-order valence-electron chi connectivity index (χ0n) is 23.4. The summed E-state index contributed by atoms with van der Waals surface area (Å²) in [5.74, 6) is -4.00. The lowest BCUT2D eigenvalue weighted by atomic mass is 9.74. The Morgan fingerprint density at radius 2 is 2.00 bits per heavy atom. The molecule has 3 heterocycles. The Kier molecular flexibility index (Phi) is 7.66. The Balaban J connectivity index is 1.38. The number of ether oxygens (including phenoxy) is 2. The second-order valence-electron chi connectivity index (χ2n) is 10.7. The van der Waals surface area contributed by atoms with Crippen LogP contribution in [0.4, 0.5) is 13.2 Å². The third-order valence-electron chi connectivity index (χ3n) is 7.86. The Morgan fingerprint density at radius 3 is 2.75 bits per heavy atom. The summed E-state index contributed by atoms with van der Waals surface area (Å²) in [6.45, 7) is 2.30. The zero-order valence-corrected chi connectivity index (χ0v) is 25.0. The Labute approximate surface area is 256 Å². The average molecular weight is 644 g/mol. The molecule has 8 nitrogen and oxygen atoms in total. The Bertz CT molecular complexity index is 1980. The first kappa shape index (κ1) is 29.8. The summed E-state index contributed by atoms with van der Waals surface area (Å²) >= 11 is 6.43. The molecule has 228 valence electrons. The van der Waals surface area contributed by atoms with Crippen LogP contribution in [0, 0.1) is 17.5 Å². The van der Waals surface area contributed by atoms with Gasteiger partial charge < -0.3 is 24.5 Å². The van der Waals surface area contributed by atoms with E-state index in [1.807, 2.05) is 6.92 Å². The van der Waals surface area contributed by atoms with Gasteiger partial charge in [-0.2, -0.15) is 4.39 Å². The lowest BCUT2D eigenvalue weighted by Gasteiger charge is -2.36. The van der Waals surface area contributed by atoms with Crippen molar-refractivity contribution in [3.63, 3.8) is 0 Å². The fraction of sp³-hybridized carbons (Fsp3) is 0.226. The van der Waals surface area contributed by atoms with Gasteiger partial charge in [0.25, 0.3) is 0 Å². The van der Waals surface area contributed by atoms with Gasteiger partial charge in [0, 0.05) is 52.2 Å². The van der Waals surface area contributed by atoms with E-state index in [0.717, 1.165) is 11.6 Å². The first-order valence-corrected chi connectivity index (χ1v) is 15.4. The van der Waals surface area contributed by atoms with Gasteiger partial charge in [0.15, 0.2) is 11.6 Å². The number of carboxylic acids is 1. The minimum absolute atomic E-state index is 0.000600. The molecule has 2 atom stereocenters. The van der Waals surface area contributed by atoms with Crippen molar-refractivity contribution in [3.8, 4) is 28.6 Å². The first-order valence-electron chi connectivity index (χ1n) is 13.5. The van der Waals surface area contributed by atoms with E-state index in [4.69, 9.17) is 21.1 Å². The first-order chi connectivity index (χ1) is 21.0. The van der Waals surface area contributed by atoms with Gasteiger partial charge in [-0.25, -0.2) is 13.8 Å². The lowest BCUT2D eigenvalue weighted by Crippen LogP contribution is -2.32. The van der Waals surface area contributed by atoms with Gasteiger partial charge in [-0.05, 0) is 61.7 Å². The number of carbonyl (C=O) groups is 1. The number of nitrogens with one attached hydrogen (secondary N) is 2. The minimum atomic E-state index is -1.75. The summed E-state index contributed by atoms with van der Waals surface area (Å²) in [6, 6.07) is 8.58. The molecule has 3 N–H and O–H groups in total. The van der Waals surface area contributed by atoms with Crippen LogP contribution >= 0.6 is 11.6 Å². The summed E-state index contributed by atoms with van der Waals surface area (Å²) in [4.78, 5) is 21.4. The van der Waals surface area contributed by atoms with E-state index < -0.39 is 45.4 Å². The quantitative estimate of drug-likeness (QED) is 0.164. The van der Waals surface area contributed by atoms with Crippen LogP contribution in [0.25, 0.3) is 22.3 Å². The van der Waals surface area contributed by atoms with Gasteiger partial charge in [0.05, 0.1) is 33.4 Å². The number of benzene rings is 3. The van der Waals surface area contributed by atoms with Crippen LogP contribution in [0.1, 0.15) is 36.6 Å². The average Bonchev–Trinajstić information content (AvgIpc) is 3.67.